The normalized spacial score (nSPS) is 18.9. The summed E-state index contributed by atoms with van der Waals surface area (Å²) >= 11 is 0. The molecule has 1 aromatic rings. The van der Waals surface area contributed by atoms with Crippen molar-refractivity contribution in [2.45, 2.75) is 45.3 Å². The van der Waals surface area contributed by atoms with Crippen LogP contribution >= 0.6 is 0 Å². The van der Waals surface area contributed by atoms with Crippen LogP contribution in [0.15, 0.2) is 24.3 Å². The lowest BCUT2D eigenvalue weighted by Crippen LogP contribution is -2.36. The fourth-order valence-electron chi connectivity index (χ4n) is 2.96. The summed E-state index contributed by atoms with van der Waals surface area (Å²) in [6.07, 6.45) is 4.40. The summed E-state index contributed by atoms with van der Waals surface area (Å²) in [6.45, 7) is 0.118. The fraction of sp³-hybridized carbons (Fsp3) is 0.625. The number of rotatable bonds is 7. The van der Waals surface area contributed by atoms with E-state index in [0.29, 0.717) is 0 Å². The van der Waals surface area contributed by atoms with Gasteiger partial charge in [-0.15, -0.1) is 0 Å². The van der Waals surface area contributed by atoms with E-state index in [1.54, 1.807) is 12.1 Å². The number of aliphatic hydroxyl groups excluding tert-OH is 1. The van der Waals surface area contributed by atoms with Gasteiger partial charge in [-0.25, -0.2) is 0 Å². The Labute approximate surface area is 124 Å². The van der Waals surface area contributed by atoms with E-state index in [1.807, 2.05) is 13.0 Å². The molecule has 0 aromatic heterocycles. The third-order valence-electron chi connectivity index (χ3n) is 4.37. The first kappa shape index (κ1) is 16.2. The molecular weight excluding hydrogens is 276 g/mol. The lowest BCUT2D eigenvalue weighted by molar-refractivity contribution is -0.0499. The Bertz CT molecular complexity index is 448. The van der Waals surface area contributed by atoms with Crippen molar-refractivity contribution in [3.05, 3.63) is 29.8 Å². The molecule has 3 nitrogen and oxygen atoms in total. The van der Waals surface area contributed by atoms with Crippen LogP contribution in [-0.4, -0.2) is 24.9 Å². The van der Waals surface area contributed by atoms with Gasteiger partial charge in [0.25, 0.3) is 0 Å². The number of hydrogen-bond acceptors (Lipinski definition) is 3. The predicted octanol–water partition coefficient (Wildman–Crippen LogP) is 3.49. The van der Waals surface area contributed by atoms with Gasteiger partial charge in [-0.05, 0) is 37.5 Å². The van der Waals surface area contributed by atoms with Crippen LogP contribution in [0.1, 0.15) is 44.2 Å². The van der Waals surface area contributed by atoms with Gasteiger partial charge in [0.05, 0.1) is 0 Å². The van der Waals surface area contributed by atoms with Crippen LogP contribution in [0.2, 0.25) is 0 Å². The number of aliphatic hydroxyl groups is 1. The van der Waals surface area contributed by atoms with Crippen LogP contribution in [0, 0.1) is 5.41 Å². The molecule has 0 aliphatic heterocycles. The van der Waals surface area contributed by atoms with Crippen molar-refractivity contribution in [1.82, 2.24) is 5.32 Å². The van der Waals surface area contributed by atoms with Crippen molar-refractivity contribution in [3.8, 4) is 5.75 Å². The molecule has 5 heteroatoms. The van der Waals surface area contributed by atoms with E-state index in [4.69, 9.17) is 0 Å². The highest BCUT2D eigenvalue weighted by Crippen LogP contribution is 2.37. The van der Waals surface area contributed by atoms with Gasteiger partial charge in [0, 0.05) is 24.6 Å². The molecular formula is C16H23F2NO2. The third-order valence-corrected chi connectivity index (χ3v) is 4.37. The Balaban J connectivity index is 1.95. The zero-order valence-corrected chi connectivity index (χ0v) is 12.3. The average molecular weight is 299 g/mol. The molecule has 2 N–H and O–H groups in total. The van der Waals surface area contributed by atoms with Crippen LogP contribution in [-0.2, 0) is 0 Å². The maximum absolute atomic E-state index is 12.2. The van der Waals surface area contributed by atoms with Crippen LogP contribution < -0.4 is 10.1 Å². The van der Waals surface area contributed by atoms with Crippen LogP contribution in [0.3, 0.4) is 0 Å². The van der Waals surface area contributed by atoms with Crippen molar-refractivity contribution in [2.75, 3.05) is 13.2 Å². The number of alkyl halides is 2. The van der Waals surface area contributed by atoms with E-state index in [1.165, 1.54) is 6.07 Å². The number of ether oxygens (including phenoxy) is 1. The van der Waals surface area contributed by atoms with Crippen LogP contribution in [0.5, 0.6) is 5.75 Å². The molecule has 2 rings (SSSR count). The lowest BCUT2D eigenvalue weighted by Gasteiger charge is -2.29. The number of nitrogens with one attached hydrogen (secondary N) is 1. The maximum atomic E-state index is 12.2. The topological polar surface area (TPSA) is 41.5 Å². The molecule has 0 radical (unpaired) electrons. The van der Waals surface area contributed by atoms with Crippen molar-refractivity contribution < 1.29 is 18.6 Å². The molecule has 1 fully saturated rings. The molecule has 21 heavy (non-hydrogen) atoms. The summed E-state index contributed by atoms with van der Waals surface area (Å²) in [7, 11) is 0. The standard InChI is InChI=1S/C16H23F2NO2/c1-12(19-10-16(11-20)7-2-3-8-16)13-5-4-6-14(9-13)21-15(17)18/h4-6,9,12,15,19-20H,2-3,7-8,10-11H2,1H3. The molecule has 1 aliphatic rings. The van der Waals surface area contributed by atoms with Crippen molar-refractivity contribution in [3.63, 3.8) is 0 Å². The Morgan fingerprint density at radius 3 is 2.67 bits per heavy atom. The second kappa shape index (κ2) is 7.18. The summed E-state index contributed by atoms with van der Waals surface area (Å²) < 4.78 is 28.9. The summed E-state index contributed by atoms with van der Waals surface area (Å²) in [4.78, 5) is 0. The van der Waals surface area contributed by atoms with Gasteiger partial charge in [0.15, 0.2) is 0 Å². The average Bonchev–Trinajstić information content (AvgIpc) is 2.94. The molecule has 118 valence electrons. The molecule has 0 heterocycles. The lowest BCUT2D eigenvalue weighted by atomic mass is 9.87. The van der Waals surface area contributed by atoms with Crippen molar-refractivity contribution >= 4 is 0 Å². The highest BCUT2D eigenvalue weighted by atomic mass is 19.3. The molecule has 0 saturated heterocycles. The van der Waals surface area contributed by atoms with E-state index in [-0.39, 0.29) is 23.8 Å². The maximum Gasteiger partial charge on any atom is 0.387 e. The second-order valence-corrected chi connectivity index (χ2v) is 5.92. The summed E-state index contributed by atoms with van der Waals surface area (Å²) in [5.74, 6) is 0.175. The molecule has 1 aromatic carbocycles. The molecule has 0 bridgehead atoms. The fourth-order valence-corrected chi connectivity index (χ4v) is 2.96. The minimum absolute atomic E-state index is 0.0225. The molecule has 0 spiro atoms. The Kier molecular flexibility index (Phi) is 5.53. The van der Waals surface area contributed by atoms with E-state index in [9.17, 15) is 13.9 Å². The van der Waals surface area contributed by atoms with E-state index in [2.05, 4.69) is 10.1 Å². The SMILES string of the molecule is CC(NCC1(CO)CCCC1)c1cccc(OC(F)F)c1. The van der Waals surface area contributed by atoms with Gasteiger partial charge in [-0.2, -0.15) is 8.78 Å². The first-order valence-corrected chi connectivity index (χ1v) is 7.44. The third kappa shape index (κ3) is 4.38. The second-order valence-electron chi connectivity index (χ2n) is 5.92. The van der Waals surface area contributed by atoms with Gasteiger partial charge in [0.2, 0.25) is 0 Å². The van der Waals surface area contributed by atoms with Gasteiger partial charge >= 0.3 is 6.61 Å². The van der Waals surface area contributed by atoms with Gasteiger partial charge in [-0.3, -0.25) is 0 Å². The monoisotopic (exact) mass is 299 g/mol. The number of benzene rings is 1. The number of halogens is 2. The summed E-state index contributed by atoms with van der Waals surface area (Å²) in [6, 6.07) is 6.77. The minimum Gasteiger partial charge on any atom is -0.435 e. The largest absolute Gasteiger partial charge is 0.435 e. The number of hydrogen-bond donors (Lipinski definition) is 2. The van der Waals surface area contributed by atoms with Gasteiger partial charge in [-0.1, -0.05) is 25.0 Å². The van der Waals surface area contributed by atoms with Crippen LogP contribution in [0.4, 0.5) is 8.78 Å². The first-order chi connectivity index (χ1) is 10.0. The van der Waals surface area contributed by atoms with Crippen molar-refractivity contribution in [1.29, 1.82) is 0 Å². The Hall–Kier alpha value is -1.20. The summed E-state index contributed by atoms with van der Waals surface area (Å²) in [5, 5.41) is 13.0. The first-order valence-electron chi connectivity index (χ1n) is 7.44. The van der Waals surface area contributed by atoms with Crippen LogP contribution in [0.25, 0.3) is 0 Å². The molecule has 1 unspecified atom stereocenters. The zero-order valence-electron chi connectivity index (χ0n) is 12.3. The zero-order chi connectivity index (χ0) is 15.3. The van der Waals surface area contributed by atoms with E-state index >= 15 is 0 Å². The predicted molar refractivity (Wildman–Crippen MR) is 77.5 cm³/mol. The van der Waals surface area contributed by atoms with E-state index < -0.39 is 6.61 Å². The van der Waals surface area contributed by atoms with Gasteiger partial charge < -0.3 is 15.2 Å². The Morgan fingerprint density at radius 1 is 1.33 bits per heavy atom. The Morgan fingerprint density at radius 2 is 2.05 bits per heavy atom. The molecule has 0 amide bonds. The highest BCUT2D eigenvalue weighted by Gasteiger charge is 2.33. The van der Waals surface area contributed by atoms with E-state index in [0.717, 1.165) is 37.8 Å². The highest BCUT2D eigenvalue weighted by molar-refractivity contribution is 5.30. The smallest absolute Gasteiger partial charge is 0.387 e. The molecule has 1 saturated carbocycles. The molecule has 1 atom stereocenters. The molecule has 1 aliphatic carbocycles. The minimum atomic E-state index is -2.81. The quantitative estimate of drug-likeness (QED) is 0.810. The summed E-state index contributed by atoms with van der Waals surface area (Å²) in [5.41, 5.74) is 0.880. The van der Waals surface area contributed by atoms with Crippen molar-refractivity contribution in [2.24, 2.45) is 5.41 Å². The van der Waals surface area contributed by atoms with Gasteiger partial charge in [0.1, 0.15) is 5.75 Å².